The van der Waals surface area contributed by atoms with E-state index in [1.807, 2.05) is 11.6 Å². The molecule has 0 aliphatic carbocycles. The van der Waals surface area contributed by atoms with Crippen LogP contribution in [0.2, 0.25) is 0 Å². The number of benzene rings is 1. The van der Waals surface area contributed by atoms with Crippen LogP contribution in [0.1, 0.15) is 33.1 Å². The number of thiazole rings is 1. The molecule has 2 heterocycles. The average molecular weight is 302 g/mol. The molecular formula is C17H22N2OS. The van der Waals surface area contributed by atoms with Crippen LogP contribution < -0.4 is 5.32 Å². The maximum Gasteiger partial charge on any atom is 0.123 e. The third-order valence-electron chi connectivity index (χ3n) is 4.28. The third kappa shape index (κ3) is 3.44. The molecule has 1 saturated heterocycles. The molecule has 0 radical (unpaired) electrons. The van der Waals surface area contributed by atoms with Crippen LogP contribution in [0, 0.1) is 0 Å². The van der Waals surface area contributed by atoms with Gasteiger partial charge < -0.3 is 10.1 Å². The largest absolute Gasteiger partial charge is 0.382 e. The summed E-state index contributed by atoms with van der Waals surface area (Å²) in [6.45, 7) is 5.26. The van der Waals surface area contributed by atoms with Crippen LogP contribution in [0.3, 0.4) is 0 Å². The summed E-state index contributed by atoms with van der Waals surface area (Å²) in [5.74, 6) is 0. The van der Waals surface area contributed by atoms with Crippen molar-refractivity contribution < 1.29 is 4.74 Å². The zero-order valence-corrected chi connectivity index (χ0v) is 13.5. The topological polar surface area (TPSA) is 34.2 Å². The second kappa shape index (κ2) is 6.16. The Bertz CT molecular complexity index is 567. The highest BCUT2D eigenvalue weighted by Gasteiger charge is 2.31. The smallest absolute Gasteiger partial charge is 0.123 e. The summed E-state index contributed by atoms with van der Waals surface area (Å²) in [5, 5.41) is 6.73. The highest BCUT2D eigenvalue weighted by Crippen LogP contribution is 2.30. The van der Waals surface area contributed by atoms with Gasteiger partial charge in [-0.25, -0.2) is 4.98 Å². The van der Waals surface area contributed by atoms with Crippen LogP contribution in [-0.4, -0.2) is 23.2 Å². The van der Waals surface area contributed by atoms with Gasteiger partial charge in [-0.05, 0) is 50.5 Å². The first-order chi connectivity index (χ1) is 10.2. The predicted molar refractivity (Wildman–Crippen MR) is 88.8 cm³/mol. The minimum atomic E-state index is 0.0245. The van der Waals surface area contributed by atoms with Crippen LogP contribution >= 0.6 is 11.3 Å². The number of aromatic nitrogens is 1. The molecule has 21 heavy (non-hydrogen) atoms. The van der Waals surface area contributed by atoms with Crippen molar-refractivity contribution in [1.29, 1.82) is 0 Å². The molecular weight excluding hydrogens is 280 g/mol. The van der Waals surface area contributed by atoms with Gasteiger partial charge in [0, 0.05) is 35.5 Å². The van der Waals surface area contributed by atoms with E-state index in [0.29, 0.717) is 6.04 Å². The number of anilines is 1. The Balaban J connectivity index is 1.65. The second-order valence-electron chi connectivity index (χ2n) is 5.90. The van der Waals surface area contributed by atoms with E-state index in [9.17, 15) is 0 Å². The molecule has 0 spiro atoms. The second-order valence-corrected chi connectivity index (χ2v) is 6.80. The van der Waals surface area contributed by atoms with Gasteiger partial charge in [-0.1, -0.05) is 6.92 Å². The number of rotatable bonds is 4. The summed E-state index contributed by atoms with van der Waals surface area (Å²) in [6.07, 6.45) is 5.05. The van der Waals surface area contributed by atoms with E-state index in [1.165, 1.54) is 11.3 Å². The molecule has 1 fully saturated rings. The first-order valence-electron chi connectivity index (χ1n) is 7.59. The molecule has 1 aromatic heterocycles. The summed E-state index contributed by atoms with van der Waals surface area (Å²) in [4.78, 5) is 4.34. The Labute approximate surface area is 130 Å². The van der Waals surface area contributed by atoms with E-state index in [1.54, 1.807) is 11.3 Å². The van der Waals surface area contributed by atoms with Crippen LogP contribution in [0.5, 0.6) is 0 Å². The fraction of sp³-hybridized carbons (Fsp3) is 0.471. The lowest BCUT2D eigenvalue weighted by molar-refractivity contribution is -0.0708. The molecule has 3 nitrogen and oxygen atoms in total. The van der Waals surface area contributed by atoms with Crippen LogP contribution in [0.4, 0.5) is 5.69 Å². The molecule has 3 rings (SSSR count). The third-order valence-corrected chi connectivity index (χ3v) is 5.10. The van der Waals surface area contributed by atoms with E-state index < -0.39 is 0 Å². The van der Waals surface area contributed by atoms with Gasteiger partial charge in [-0.2, -0.15) is 0 Å². The van der Waals surface area contributed by atoms with Gasteiger partial charge in [0.05, 0.1) is 5.60 Å². The molecule has 0 amide bonds. The molecule has 1 N–H and O–H groups in total. The van der Waals surface area contributed by atoms with Crippen molar-refractivity contribution in [3.05, 3.63) is 35.8 Å². The van der Waals surface area contributed by atoms with Crippen molar-refractivity contribution in [3.63, 3.8) is 0 Å². The fourth-order valence-corrected chi connectivity index (χ4v) is 3.45. The zero-order chi connectivity index (χ0) is 14.7. The molecule has 2 unspecified atom stereocenters. The number of ether oxygens (including phenoxy) is 1. The van der Waals surface area contributed by atoms with E-state index >= 15 is 0 Å². The minimum absolute atomic E-state index is 0.0245. The highest BCUT2D eigenvalue weighted by atomic mass is 32.1. The van der Waals surface area contributed by atoms with Gasteiger partial charge in [-0.3, -0.25) is 0 Å². The summed E-state index contributed by atoms with van der Waals surface area (Å²) in [5.41, 5.74) is 2.39. The molecule has 0 bridgehead atoms. The van der Waals surface area contributed by atoms with Crippen LogP contribution in [0.15, 0.2) is 35.8 Å². The molecule has 1 aliphatic rings. The van der Waals surface area contributed by atoms with E-state index in [4.69, 9.17) is 4.74 Å². The molecule has 2 aromatic rings. The van der Waals surface area contributed by atoms with Gasteiger partial charge in [-0.15, -0.1) is 11.3 Å². The Morgan fingerprint density at radius 3 is 2.86 bits per heavy atom. The Morgan fingerprint density at radius 1 is 1.38 bits per heavy atom. The zero-order valence-electron chi connectivity index (χ0n) is 12.6. The average Bonchev–Trinajstić information content (AvgIpc) is 3.02. The standard InChI is InChI=1S/C17H22N2OS/c1-3-17(2)12-15(8-10-20-17)19-14-6-4-13(5-7-14)16-18-9-11-21-16/h4-7,9,11,15,19H,3,8,10,12H2,1-2H3. The van der Waals surface area contributed by atoms with Gasteiger partial charge in [0.25, 0.3) is 0 Å². The lowest BCUT2D eigenvalue weighted by Crippen LogP contribution is -2.41. The van der Waals surface area contributed by atoms with Gasteiger partial charge in [0.1, 0.15) is 5.01 Å². The Morgan fingerprint density at radius 2 is 2.19 bits per heavy atom. The molecule has 4 heteroatoms. The highest BCUT2D eigenvalue weighted by molar-refractivity contribution is 7.13. The number of hydrogen-bond acceptors (Lipinski definition) is 4. The van der Waals surface area contributed by atoms with Crippen LogP contribution in [-0.2, 0) is 4.74 Å². The molecule has 112 valence electrons. The van der Waals surface area contributed by atoms with Gasteiger partial charge in [0.2, 0.25) is 0 Å². The molecule has 1 aliphatic heterocycles. The Kier molecular flexibility index (Phi) is 4.27. The fourth-order valence-electron chi connectivity index (χ4n) is 2.81. The maximum absolute atomic E-state index is 5.90. The van der Waals surface area contributed by atoms with E-state index in [0.717, 1.165) is 30.9 Å². The van der Waals surface area contributed by atoms with Crippen molar-refractivity contribution in [2.75, 3.05) is 11.9 Å². The van der Waals surface area contributed by atoms with E-state index in [-0.39, 0.29) is 5.60 Å². The molecule has 0 saturated carbocycles. The summed E-state index contributed by atoms with van der Waals surface area (Å²) in [7, 11) is 0. The lowest BCUT2D eigenvalue weighted by Gasteiger charge is -2.38. The maximum atomic E-state index is 5.90. The quantitative estimate of drug-likeness (QED) is 0.898. The lowest BCUT2D eigenvalue weighted by atomic mass is 9.90. The van der Waals surface area contributed by atoms with Crippen molar-refractivity contribution >= 4 is 17.0 Å². The van der Waals surface area contributed by atoms with Gasteiger partial charge >= 0.3 is 0 Å². The molecule has 2 atom stereocenters. The predicted octanol–water partition coefficient (Wildman–Crippen LogP) is 4.57. The summed E-state index contributed by atoms with van der Waals surface area (Å²) >= 11 is 1.67. The van der Waals surface area contributed by atoms with Crippen LogP contribution in [0.25, 0.3) is 10.6 Å². The SMILES string of the molecule is CCC1(C)CC(Nc2ccc(-c3nccs3)cc2)CCO1. The number of nitrogens with one attached hydrogen (secondary N) is 1. The van der Waals surface area contributed by atoms with Crippen molar-refractivity contribution in [3.8, 4) is 10.6 Å². The van der Waals surface area contributed by atoms with Crippen molar-refractivity contribution in [2.24, 2.45) is 0 Å². The number of nitrogens with zero attached hydrogens (tertiary/aromatic N) is 1. The Hall–Kier alpha value is -1.39. The molecule has 1 aromatic carbocycles. The van der Waals surface area contributed by atoms with E-state index in [2.05, 4.69) is 48.4 Å². The van der Waals surface area contributed by atoms with Gasteiger partial charge in [0.15, 0.2) is 0 Å². The van der Waals surface area contributed by atoms with Crippen molar-refractivity contribution in [2.45, 2.75) is 44.8 Å². The first kappa shape index (κ1) is 14.5. The summed E-state index contributed by atoms with van der Waals surface area (Å²) in [6, 6.07) is 9.07. The van der Waals surface area contributed by atoms with Crippen molar-refractivity contribution in [1.82, 2.24) is 4.98 Å². The minimum Gasteiger partial charge on any atom is -0.382 e. The number of hydrogen-bond donors (Lipinski definition) is 1. The normalized spacial score (nSPS) is 25.7. The monoisotopic (exact) mass is 302 g/mol. The summed E-state index contributed by atoms with van der Waals surface area (Å²) < 4.78 is 5.90. The first-order valence-corrected chi connectivity index (χ1v) is 8.47.